The van der Waals surface area contributed by atoms with Gasteiger partial charge in [-0.1, -0.05) is 88.4 Å². The molecule has 11 nitrogen and oxygen atoms in total. The van der Waals surface area contributed by atoms with E-state index in [1.54, 1.807) is 27.7 Å². The van der Waals surface area contributed by atoms with E-state index in [0.717, 1.165) is 11.1 Å². The van der Waals surface area contributed by atoms with Gasteiger partial charge in [0, 0.05) is 6.42 Å². The van der Waals surface area contributed by atoms with Crippen molar-refractivity contribution in [3.05, 3.63) is 71.8 Å². The van der Waals surface area contributed by atoms with E-state index in [0.29, 0.717) is 19.4 Å². The van der Waals surface area contributed by atoms with Crippen LogP contribution in [0.3, 0.4) is 0 Å². The van der Waals surface area contributed by atoms with Crippen LogP contribution in [0.15, 0.2) is 60.7 Å². The molecule has 2 aromatic rings. The van der Waals surface area contributed by atoms with Gasteiger partial charge in [-0.05, 0) is 76.3 Å². The summed E-state index contributed by atoms with van der Waals surface area (Å²) in [5.41, 5.74) is 0.0894. The summed E-state index contributed by atoms with van der Waals surface area (Å²) in [6.45, 7) is 15.0. The Morgan fingerprint density at radius 2 is 1.16 bits per heavy atom. The first-order chi connectivity index (χ1) is 23.5. The zero-order valence-electron chi connectivity index (χ0n) is 30.8. The Balaban J connectivity index is 1.83. The number of rotatable bonds is 18. The van der Waals surface area contributed by atoms with E-state index in [4.69, 9.17) is 9.47 Å². The van der Waals surface area contributed by atoms with Gasteiger partial charge in [-0.2, -0.15) is 0 Å². The molecule has 1 saturated heterocycles. The van der Waals surface area contributed by atoms with Gasteiger partial charge >= 0.3 is 6.09 Å². The molecule has 3 rings (SSSR count). The molecule has 0 radical (unpaired) electrons. The SMILES string of the molecule is CC(C)CC(NC(=O)[C@H](Cc1ccccc1)NC(=O)[C@H](CC(C)C)NC(=O)[C@H](CCc1ccccc1)NC(=O)OC(C)(C)C)C(=O)[C@@]1(C)CO1. The number of nitrogens with one attached hydrogen (secondary N) is 4. The lowest BCUT2D eigenvalue weighted by atomic mass is 9.93. The van der Waals surface area contributed by atoms with Crippen molar-refractivity contribution in [3.8, 4) is 0 Å². The van der Waals surface area contributed by atoms with E-state index in [1.807, 2.05) is 88.4 Å². The van der Waals surface area contributed by atoms with Crippen molar-refractivity contribution in [3.63, 3.8) is 0 Å². The number of alkyl carbamates (subject to hydrolysis) is 1. The Kier molecular flexibility index (Phi) is 14.6. The zero-order valence-corrected chi connectivity index (χ0v) is 30.8. The van der Waals surface area contributed by atoms with E-state index >= 15 is 0 Å². The van der Waals surface area contributed by atoms with Crippen molar-refractivity contribution in [2.75, 3.05) is 6.61 Å². The van der Waals surface area contributed by atoms with Gasteiger partial charge in [-0.3, -0.25) is 19.2 Å². The first kappa shape index (κ1) is 40.2. The molecular weight excluding hydrogens is 636 g/mol. The average Bonchev–Trinajstić information content (AvgIpc) is 3.79. The maximum absolute atomic E-state index is 14.0. The van der Waals surface area contributed by atoms with E-state index in [2.05, 4.69) is 21.3 Å². The van der Waals surface area contributed by atoms with Gasteiger partial charge < -0.3 is 30.7 Å². The molecule has 0 aliphatic carbocycles. The molecule has 1 unspecified atom stereocenters. The third-order valence-corrected chi connectivity index (χ3v) is 8.27. The second-order valence-corrected chi connectivity index (χ2v) is 15.2. The Bertz CT molecular complexity index is 1440. The van der Waals surface area contributed by atoms with Crippen LogP contribution in [0.4, 0.5) is 4.79 Å². The van der Waals surface area contributed by atoms with E-state index in [9.17, 15) is 24.0 Å². The highest BCUT2D eigenvalue weighted by Gasteiger charge is 2.50. The average molecular weight is 693 g/mol. The lowest BCUT2D eigenvalue weighted by Crippen LogP contribution is -2.59. The van der Waals surface area contributed by atoms with Crippen LogP contribution in [0.2, 0.25) is 0 Å². The van der Waals surface area contributed by atoms with Crippen LogP contribution in [0.5, 0.6) is 0 Å². The summed E-state index contributed by atoms with van der Waals surface area (Å²) < 4.78 is 10.8. The quantitative estimate of drug-likeness (QED) is 0.166. The molecule has 4 amide bonds. The second-order valence-electron chi connectivity index (χ2n) is 15.2. The van der Waals surface area contributed by atoms with Crippen LogP contribution >= 0.6 is 0 Å². The van der Waals surface area contributed by atoms with Crippen LogP contribution in [-0.4, -0.2) is 71.6 Å². The predicted octanol–water partition coefficient (Wildman–Crippen LogP) is 4.66. The first-order valence-electron chi connectivity index (χ1n) is 17.6. The highest BCUT2D eigenvalue weighted by atomic mass is 16.6. The minimum Gasteiger partial charge on any atom is -0.444 e. The Morgan fingerprint density at radius 1 is 0.700 bits per heavy atom. The number of amides is 4. The predicted molar refractivity (Wildman–Crippen MR) is 192 cm³/mol. The lowest BCUT2D eigenvalue weighted by Gasteiger charge is -2.28. The number of hydrogen-bond acceptors (Lipinski definition) is 7. The first-order valence-corrected chi connectivity index (χ1v) is 17.6. The Morgan fingerprint density at radius 3 is 1.68 bits per heavy atom. The minimum atomic E-state index is -1.04. The van der Waals surface area contributed by atoms with Crippen LogP contribution in [0.1, 0.15) is 85.8 Å². The summed E-state index contributed by atoms with van der Waals surface area (Å²) in [6.07, 6.45) is 0.867. The molecule has 0 saturated carbocycles. The number of carbonyl (C=O) groups excluding carboxylic acids is 5. The number of hydrogen-bond donors (Lipinski definition) is 4. The van der Waals surface area contributed by atoms with Gasteiger partial charge in [0.1, 0.15) is 29.3 Å². The Hall–Kier alpha value is -4.25. The number of ketones is 1. The highest BCUT2D eigenvalue weighted by Crippen LogP contribution is 2.29. The van der Waals surface area contributed by atoms with Crippen LogP contribution in [0, 0.1) is 11.8 Å². The van der Waals surface area contributed by atoms with E-state index in [1.165, 1.54) is 0 Å². The molecule has 2 aromatic carbocycles. The maximum Gasteiger partial charge on any atom is 0.408 e. The molecule has 1 aliphatic heterocycles. The number of benzene rings is 2. The summed E-state index contributed by atoms with van der Waals surface area (Å²) in [4.78, 5) is 67.8. The standard InChI is InChI=1S/C39H56N4O7/c1-25(2)21-30(33(44)39(8)24-49-39)40-36(47)32(23-28-17-13-10-14-18-28)42-35(46)31(22-26(3)4)41-34(45)29(43-37(48)50-38(5,6)7)20-19-27-15-11-9-12-16-27/h9-18,25-26,29-32H,19-24H2,1-8H3,(H,40,47)(H,41,45)(H,42,46)(H,43,48)/t29-,30?,31-,32-,39+/m0/s1. The number of epoxide rings is 1. The fourth-order valence-electron chi connectivity index (χ4n) is 5.58. The molecule has 0 aromatic heterocycles. The van der Waals surface area contributed by atoms with Crippen LogP contribution in [-0.2, 0) is 41.5 Å². The Labute approximate surface area is 297 Å². The number of aryl methyl sites for hydroxylation is 1. The summed E-state index contributed by atoms with van der Waals surface area (Å²) in [6, 6.07) is 15.0. The van der Waals surface area contributed by atoms with Crippen molar-refractivity contribution in [1.82, 2.24) is 21.3 Å². The molecule has 1 heterocycles. The molecule has 0 bridgehead atoms. The summed E-state index contributed by atoms with van der Waals surface area (Å²) >= 11 is 0. The third-order valence-electron chi connectivity index (χ3n) is 8.27. The van der Waals surface area contributed by atoms with Crippen molar-refractivity contribution < 1.29 is 33.4 Å². The molecule has 0 spiro atoms. The normalized spacial score (nSPS) is 18.0. The van der Waals surface area contributed by atoms with Crippen molar-refractivity contribution in [2.45, 2.75) is 123 Å². The molecule has 274 valence electrons. The third kappa shape index (κ3) is 13.6. The number of ether oxygens (including phenoxy) is 2. The van der Waals surface area contributed by atoms with Gasteiger partial charge in [-0.15, -0.1) is 0 Å². The number of Topliss-reactive ketones (excluding diaryl/α,β-unsaturated/α-hetero) is 1. The molecule has 11 heteroatoms. The number of carbonyl (C=O) groups is 5. The fourth-order valence-corrected chi connectivity index (χ4v) is 5.58. The van der Waals surface area contributed by atoms with E-state index in [-0.39, 0.29) is 36.9 Å². The second kappa shape index (κ2) is 18.1. The summed E-state index contributed by atoms with van der Waals surface area (Å²) in [5, 5.41) is 11.3. The van der Waals surface area contributed by atoms with Crippen molar-refractivity contribution in [1.29, 1.82) is 0 Å². The minimum absolute atomic E-state index is 0.00126. The maximum atomic E-state index is 14.0. The molecule has 5 atom stereocenters. The zero-order chi connectivity index (χ0) is 37.1. The van der Waals surface area contributed by atoms with E-state index < -0.39 is 59.2 Å². The van der Waals surface area contributed by atoms with Crippen molar-refractivity contribution >= 4 is 29.6 Å². The van der Waals surface area contributed by atoms with Crippen LogP contribution < -0.4 is 21.3 Å². The van der Waals surface area contributed by atoms with Gasteiger partial charge in [0.15, 0.2) is 5.78 Å². The molecule has 4 N–H and O–H groups in total. The summed E-state index contributed by atoms with van der Waals surface area (Å²) in [5.74, 6) is -1.69. The van der Waals surface area contributed by atoms with Gasteiger partial charge in [0.25, 0.3) is 0 Å². The van der Waals surface area contributed by atoms with Crippen LogP contribution in [0.25, 0.3) is 0 Å². The smallest absolute Gasteiger partial charge is 0.408 e. The topological polar surface area (TPSA) is 155 Å². The largest absolute Gasteiger partial charge is 0.444 e. The monoisotopic (exact) mass is 692 g/mol. The lowest BCUT2D eigenvalue weighted by molar-refractivity contribution is -0.134. The molecule has 1 aliphatic rings. The van der Waals surface area contributed by atoms with Gasteiger partial charge in [0.05, 0.1) is 12.6 Å². The molecular formula is C39H56N4O7. The summed E-state index contributed by atoms with van der Waals surface area (Å²) in [7, 11) is 0. The highest BCUT2D eigenvalue weighted by molar-refractivity contribution is 5.98. The van der Waals surface area contributed by atoms with Gasteiger partial charge in [-0.25, -0.2) is 4.79 Å². The van der Waals surface area contributed by atoms with Crippen molar-refractivity contribution in [2.24, 2.45) is 11.8 Å². The van der Waals surface area contributed by atoms with Gasteiger partial charge in [0.2, 0.25) is 17.7 Å². The molecule has 1 fully saturated rings. The fraction of sp³-hybridized carbons (Fsp3) is 0.564. The molecule has 50 heavy (non-hydrogen) atoms.